The van der Waals surface area contributed by atoms with E-state index in [1.807, 2.05) is 43.3 Å². The van der Waals surface area contributed by atoms with Crippen LogP contribution in [0.15, 0.2) is 48.5 Å². The predicted octanol–water partition coefficient (Wildman–Crippen LogP) is 3.39. The molecule has 3 nitrogen and oxygen atoms in total. The van der Waals surface area contributed by atoms with Gasteiger partial charge in [-0.3, -0.25) is 4.79 Å². The van der Waals surface area contributed by atoms with Gasteiger partial charge in [0.2, 0.25) is 5.91 Å². The van der Waals surface area contributed by atoms with Crippen LogP contribution in [0.25, 0.3) is 0 Å². The second kappa shape index (κ2) is 6.93. The highest BCUT2D eigenvalue weighted by Gasteiger charge is 2.10. The third kappa shape index (κ3) is 4.35. The number of carbonyl (C=O) groups is 1. The summed E-state index contributed by atoms with van der Waals surface area (Å²) in [6.45, 7) is 4.06. The first kappa shape index (κ1) is 15.1. The summed E-state index contributed by atoms with van der Waals surface area (Å²) < 4.78 is 0. The van der Waals surface area contributed by atoms with Crippen LogP contribution < -0.4 is 11.1 Å². The summed E-state index contributed by atoms with van der Waals surface area (Å²) in [4.78, 5) is 12.0. The van der Waals surface area contributed by atoms with E-state index in [1.165, 1.54) is 11.1 Å². The molecule has 2 aromatic carbocycles. The molecule has 21 heavy (non-hydrogen) atoms. The van der Waals surface area contributed by atoms with Gasteiger partial charge in [-0.25, -0.2) is 0 Å². The summed E-state index contributed by atoms with van der Waals surface area (Å²) >= 11 is 0. The standard InChI is InChI=1S/C18H22N2O/c1-13-5-3-4-6-15(13)9-12-18(21)20-14(2)16-7-10-17(19)11-8-16/h3-8,10-11,14H,9,12,19H2,1-2H3,(H,20,21). The van der Waals surface area contributed by atoms with Crippen LogP contribution in [-0.2, 0) is 11.2 Å². The van der Waals surface area contributed by atoms with E-state index >= 15 is 0 Å². The van der Waals surface area contributed by atoms with Crippen molar-refractivity contribution >= 4 is 11.6 Å². The normalized spacial score (nSPS) is 11.9. The molecule has 1 atom stereocenters. The molecule has 3 heteroatoms. The molecular formula is C18H22N2O. The lowest BCUT2D eigenvalue weighted by Gasteiger charge is -2.15. The Balaban J connectivity index is 1.87. The molecule has 0 radical (unpaired) electrons. The fourth-order valence-corrected chi connectivity index (χ4v) is 2.32. The zero-order valence-electron chi connectivity index (χ0n) is 12.6. The Morgan fingerprint density at radius 2 is 1.81 bits per heavy atom. The molecule has 2 aromatic rings. The van der Waals surface area contributed by atoms with Gasteiger partial charge < -0.3 is 11.1 Å². The Hall–Kier alpha value is -2.29. The number of aryl methyl sites for hydroxylation is 2. The van der Waals surface area contributed by atoms with Crippen molar-refractivity contribution in [3.05, 3.63) is 65.2 Å². The fraction of sp³-hybridized carbons (Fsp3) is 0.278. The number of nitrogen functional groups attached to an aromatic ring is 1. The van der Waals surface area contributed by atoms with Crippen molar-refractivity contribution in [2.45, 2.75) is 32.7 Å². The quantitative estimate of drug-likeness (QED) is 0.826. The van der Waals surface area contributed by atoms with Gasteiger partial charge in [-0.05, 0) is 49.1 Å². The molecule has 0 heterocycles. The molecule has 1 amide bonds. The van der Waals surface area contributed by atoms with Crippen molar-refractivity contribution in [2.24, 2.45) is 0 Å². The van der Waals surface area contributed by atoms with Gasteiger partial charge in [0.1, 0.15) is 0 Å². The van der Waals surface area contributed by atoms with Crippen molar-refractivity contribution in [3.63, 3.8) is 0 Å². The van der Waals surface area contributed by atoms with Crippen LogP contribution in [0.1, 0.15) is 36.1 Å². The maximum atomic E-state index is 12.0. The van der Waals surface area contributed by atoms with Gasteiger partial charge >= 0.3 is 0 Å². The van der Waals surface area contributed by atoms with Crippen molar-refractivity contribution in [3.8, 4) is 0 Å². The first-order chi connectivity index (χ1) is 10.1. The highest BCUT2D eigenvalue weighted by Crippen LogP contribution is 2.15. The number of nitrogens with one attached hydrogen (secondary N) is 1. The largest absolute Gasteiger partial charge is 0.399 e. The van der Waals surface area contributed by atoms with E-state index in [1.54, 1.807) is 0 Å². The molecular weight excluding hydrogens is 260 g/mol. The van der Waals surface area contributed by atoms with Crippen LogP contribution in [0, 0.1) is 6.92 Å². The molecule has 0 aliphatic rings. The van der Waals surface area contributed by atoms with Crippen LogP contribution >= 0.6 is 0 Å². The van der Waals surface area contributed by atoms with E-state index < -0.39 is 0 Å². The summed E-state index contributed by atoms with van der Waals surface area (Å²) in [5.74, 6) is 0.0718. The zero-order chi connectivity index (χ0) is 15.2. The summed E-state index contributed by atoms with van der Waals surface area (Å²) in [6.07, 6.45) is 1.27. The summed E-state index contributed by atoms with van der Waals surface area (Å²) in [5, 5.41) is 3.03. The third-order valence-corrected chi connectivity index (χ3v) is 3.70. The Kier molecular flexibility index (Phi) is 4.99. The van der Waals surface area contributed by atoms with Crippen LogP contribution in [0.5, 0.6) is 0 Å². The summed E-state index contributed by atoms with van der Waals surface area (Å²) in [5.41, 5.74) is 9.93. The highest BCUT2D eigenvalue weighted by atomic mass is 16.1. The number of rotatable bonds is 5. The smallest absolute Gasteiger partial charge is 0.220 e. The number of nitrogens with two attached hydrogens (primary N) is 1. The topological polar surface area (TPSA) is 55.1 Å². The molecule has 0 fully saturated rings. The van der Waals surface area contributed by atoms with Gasteiger partial charge in [0.25, 0.3) is 0 Å². The van der Waals surface area contributed by atoms with Crippen molar-refractivity contribution in [1.82, 2.24) is 5.32 Å². The van der Waals surface area contributed by atoms with Gasteiger partial charge in [0.15, 0.2) is 0 Å². The maximum absolute atomic E-state index is 12.0. The number of carbonyl (C=O) groups excluding carboxylic acids is 1. The van der Waals surface area contributed by atoms with E-state index in [0.717, 1.165) is 17.7 Å². The molecule has 0 aromatic heterocycles. The van der Waals surface area contributed by atoms with E-state index in [0.29, 0.717) is 6.42 Å². The SMILES string of the molecule is Cc1ccccc1CCC(=O)NC(C)c1ccc(N)cc1. The number of hydrogen-bond donors (Lipinski definition) is 2. The number of benzene rings is 2. The lowest BCUT2D eigenvalue weighted by Crippen LogP contribution is -2.26. The van der Waals surface area contributed by atoms with E-state index in [9.17, 15) is 4.79 Å². The Labute approximate surface area is 126 Å². The lowest BCUT2D eigenvalue weighted by molar-refractivity contribution is -0.121. The van der Waals surface area contributed by atoms with E-state index in [4.69, 9.17) is 5.73 Å². The van der Waals surface area contributed by atoms with Crippen LogP contribution in [0.2, 0.25) is 0 Å². The molecule has 0 spiro atoms. The van der Waals surface area contributed by atoms with Crippen molar-refractivity contribution in [2.75, 3.05) is 5.73 Å². The van der Waals surface area contributed by atoms with E-state index in [2.05, 4.69) is 24.4 Å². The molecule has 0 bridgehead atoms. The minimum Gasteiger partial charge on any atom is -0.399 e. The Morgan fingerprint density at radius 1 is 1.14 bits per heavy atom. The highest BCUT2D eigenvalue weighted by molar-refractivity contribution is 5.76. The molecule has 110 valence electrons. The van der Waals surface area contributed by atoms with Crippen LogP contribution in [-0.4, -0.2) is 5.91 Å². The minimum atomic E-state index is -0.00466. The maximum Gasteiger partial charge on any atom is 0.220 e. The van der Waals surface area contributed by atoms with Crippen LogP contribution in [0.3, 0.4) is 0 Å². The van der Waals surface area contributed by atoms with Crippen LogP contribution in [0.4, 0.5) is 5.69 Å². The lowest BCUT2D eigenvalue weighted by atomic mass is 10.0. The third-order valence-electron chi connectivity index (χ3n) is 3.70. The second-order valence-corrected chi connectivity index (χ2v) is 5.38. The monoisotopic (exact) mass is 282 g/mol. The fourth-order valence-electron chi connectivity index (χ4n) is 2.32. The molecule has 0 saturated heterocycles. The van der Waals surface area contributed by atoms with Gasteiger partial charge in [-0.1, -0.05) is 36.4 Å². The van der Waals surface area contributed by atoms with Gasteiger partial charge in [0.05, 0.1) is 6.04 Å². The predicted molar refractivity (Wildman–Crippen MR) is 86.9 cm³/mol. The average molecular weight is 282 g/mol. The number of anilines is 1. The van der Waals surface area contributed by atoms with Crippen molar-refractivity contribution in [1.29, 1.82) is 0 Å². The summed E-state index contributed by atoms with van der Waals surface area (Å²) in [7, 11) is 0. The van der Waals surface area contributed by atoms with E-state index in [-0.39, 0.29) is 11.9 Å². The Morgan fingerprint density at radius 3 is 2.48 bits per heavy atom. The minimum absolute atomic E-state index is 0.00466. The van der Waals surface area contributed by atoms with Gasteiger partial charge in [-0.15, -0.1) is 0 Å². The number of hydrogen-bond acceptors (Lipinski definition) is 2. The number of amides is 1. The first-order valence-corrected chi connectivity index (χ1v) is 7.25. The molecule has 1 unspecified atom stereocenters. The zero-order valence-corrected chi connectivity index (χ0v) is 12.6. The van der Waals surface area contributed by atoms with Gasteiger partial charge in [-0.2, -0.15) is 0 Å². The Bertz CT molecular complexity index is 605. The molecule has 0 saturated carbocycles. The summed E-state index contributed by atoms with van der Waals surface area (Å²) in [6, 6.07) is 15.8. The second-order valence-electron chi connectivity index (χ2n) is 5.38. The van der Waals surface area contributed by atoms with Crippen molar-refractivity contribution < 1.29 is 4.79 Å². The van der Waals surface area contributed by atoms with Gasteiger partial charge in [0, 0.05) is 12.1 Å². The molecule has 0 aliphatic carbocycles. The molecule has 0 aliphatic heterocycles. The molecule has 3 N–H and O–H groups in total. The molecule has 2 rings (SSSR count). The average Bonchev–Trinajstić information content (AvgIpc) is 2.47. The first-order valence-electron chi connectivity index (χ1n) is 7.25.